The summed E-state index contributed by atoms with van der Waals surface area (Å²) in [5.41, 5.74) is 8.10. The van der Waals surface area contributed by atoms with Crippen molar-refractivity contribution in [1.29, 1.82) is 0 Å². The summed E-state index contributed by atoms with van der Waals surface area (Å²) in [5, 5.41) is 19.4. The molecule has 2 saturated heterocycles. The van der Waals surface area contributed by atoms with Gasteiger partial charge in [-0.2, -0.15) is 28.2 Å². The second-order valence-electron chi connectivity index (χ2n) is 12.3. The number of nitrogen functional groups attached to an aromatic ring is 1. The van der Waals surface area contributed by atoms with Gasteiger partial charge < -0.3 is 31.1 Å². The van der Waals surface area contributed by atoms with Gasteiger partial charge >= 0.3 is 12.1 Å². The van der Waals surface area contributed by atoms with Crippen LogP contribution in [0.2, 0.25) is 0 Å². The number of hydrogen-bond donors (Lipinski definition) is 4. The predicted octanol–water partition coefficient (Wildman–Crippen LogP) is 4.30. The third-order valence-corrected chi connectivity index (χ3v) is 9.04. The first-order chi connectivity index (χ1) is 22.8. The molecular weight excluding hydrogens is 629 g/mol. The van der Waals surface area contributed by atoms with Crippen molar-refractivity contribution in [2.75, 3.05) is 37.3 Å². The Labute approximate surface area is 274 Å². The quantitative estimate of drug-likeness (QED) is 0.214. The molecule has 2 atom stereocenters. The number of nitrogens with zero attached hydrogens (tertiary/aromatic N) is 5. The molecular formula is C33H35F3N8O4. The number of piperidine rings is 1. The Morgan fingerprint density at radius 1 is 1.08 bits per heavy atom. The van der Waals surface area contributed by atoms with Gasteiger partial charge in [0.15, 0.2) is 0 Å². The molecule has 1 unspecified atom stereocenters. The van der Waals surface area contributed by atoms with Crippen molar-refractivity contribution >= 4 is 23.6 Å². The molecule has 2 aliphatic heterocycles. The maximum absolute atomic E-state index is 14.9. The zero-order valence-electron chi connectivity index (χ0n) is 26.3. The number of carbonyl (C=O) groups is 2. The van der Waals surface area contributed by atoms with Crippen LogP contribution in [-0.4, -0.2) is 75.6 Å². The van der Waals surface area contributed by atoms with E-state index in [0.29, 0.717) is 67.1 Å². The Morgan fingerprint density at radius 3 is 2.40 bits per heavy atom. The summed E-state index contributed by atoms with van der Waals surface area (Å²) in [6, 6.07) is 13.6. The minimum Gasteiger partial charge on any atom is -0.480 e. The van der Waals surface area contributed by atoms with E-state index in [1.54, 1.807) is 55.6 Å². The average molecular weight is 665 g/mol. The summed E-state index contributed by atoms with van der Waals surface area (Å²) >= 11 is 0. The lowest BCUT2D eigenvalue weighted by molar-refractivity contribution is -0.198. The molecule has 5 N–H and O–H groups in total. The van der Waals surface area contributed by atoms with Crippen molar-refractivity contribution in [2.24, 2.45) is 5.41 Å². The first-order valence-corrected chi connectivity index (χ1v) is 15.4. The number of aryl methyl sites for hydroxylation is 1. The Hall–Kier alpha value is -5.18. The fourth-order valence-corrected chi connectivity index (χ4v) is 6.41. The number of anilines is 2. The number of aromatic nitrogens is 4. The minimum atomic E-state index is -4.86. The van der Waals surface area contributed by atoms with E-state index in [9.17, 15) is 27.9 Å². The maximum Gasteiger partial charge on any atom is 0.429 e. The molecule has 2 aromatic carbocycles. The van der Waals surface area contributed by atoms with Gasteiger partial charge in [0, 0.05) is 50.1 Å². The lowest BCUT2D eigenvalue weighted by Crippen LogP contribution is -2.41. The highest BCUT2D eigenvalue weighted by Crippen LogP contribution is 2.42. The number of ether oxygens (including phenoxy) is 1. The normalized spacial score (nSPS) is 18.1. The third-order valence-electron chi connectivity index (χ3n) is 9.04. The highest BCUT2D eigenvalue weighted by Gasteiger charge is 2.46. The number of nitrogens with two attached hydrogens (primary N) is 1. The van der Waals surface area contributed by atoms with Gasteiger partial charge in [-0.15, -0.1) is 0 Å². The van der Waals surface area contributed by atoms with Crippen LogP contribution in [0, 0.1) is 12.3 Å². The molecule has 2 fully saturated rings. The Morgan fingerprint density at radius 2 is 1.79 bits per heavy atom. The van der Waals surface area contributed by atoms with Crippen molar-refractivity contribution < 1.29 is 32.6 Å². The molecule has 2 aliphatic rings. The van der Waals surface area contributed by atoms with E-state index in [2.05, 4.69) is 25.7 Å². The van der Waals surface area contributed by atoms with Crippen LogP contribution in [0.1, 0.15) is 47.0 Å². The standard InChI is InChI=1S/C33H35F3N8O4/c1-19-9-12-44(42-19)25-15-22(20-3-5-21(6-4-20)29(45)38-2)7-8-23(25)28(33(34,35)36)48-27-16-26(40-31(37)41-27)43-13-10-32(11-14-43)17-24(30(46)47)39-18-32/h3-9,12,15-16,24,28,39H,10-11,13-14,17-18H2,1-2H3,(H,38,45)(H,46,47)(H2,37,40,41)/t24-,28?/m0/s1. The summed E-state index contributed by atoms with van der Waals surface area (Å²) < 4.78 is 51.6. The number of hydrogen-bond acceptors (Lipinski definition) is 9. The van der Waals surface area contributed by atoms with Crippen LogP contribution in [0.4, 0.5) is 24.9 Å². The topological polar surface area (TPSA) is 161 Å². The molecule has 0 bridgehead atoms. The molecule has 4 aromatic rings. The number of carbonyl (C=O) groups excluding carboxylic acids is 1. The maximum atomic E-state index is 14.9. The van der Waals surface area contributed by atoms with Gasteiger partial charge in [0.25, 0.3) is 5.91 Å². The smallest absolute Gasteiger partial charge is 0.429 e. The average Bonchev–Trinajstić information content (AvgIpc) is 3.69. The van der Waals surface area contributed by atoms with Crippen LogP contribution in [-0.2, 0) is 4.79 Å². The highest BCUT2D eigenvalue weighted by atomic mass is 19.4. The zero-order chi connectivity index (χ0) is 34.2. The Bertz CT molecular complexity index is 1820. The lowest BCUT2D eigenvalue weighted by Gasteiger charge is -2.39. The van der Waals surface area contributed by atoms with Crippen LogP contribution in [0.3, 0.4) is 0 Å². The Balaban J connectivity index is 1.30. The van der Waals surface area contributed by atoms with Gasteiger partial charge in [0.2, 0.25) is 17.9 Å². The number of carboxylic acid groups (broad SMARTS) is 1. The van der Waals surface area contributed by atoms with E-state index in [1.165, 1.54) is 23.9 Å². The number of benzene rings is 2. The van der Waals surface area contributed by atoms with E-state index in [-0.39, 0.29) is 34.4 Å². The molecule has 2 aromatic heterocycles. The first-order valence-electron chi connectivity index (χ1n) is 15.4. The molecule has 48 heavy (non-hydrogen) atoms. The second-order valence-corrected chi connectivity index (χ2v) is 12.3. The second kappa shape index (κ2) is 12.8. The first kappa shape index (κ1) is 32.7. The van der Waals surface area contributed by atoms with Gasteiger partial charge in [-0.1, -0.05) is 24.3 Å². The summed E-state index contributed by atoms with van der Waals surface area (Å²) in [5.74, 6) is -1.39. The van der Waals surface area contributed by atoms with Gasteiger partial charge in [-0.3, -0.25) is 9.59 Å². The van der Waals surface area contributed by atoms with Crippen LogP contribution in [0.15, 0.2) is 60.8 Å². The largest absolute Gasteiger partial charge is 0.480 e. The molecule has 1 amide bonds. The highest BCUT2D eigenvalue weighted by molar-refractivity contribution is 5.94. The van der Waals surface area contributed by atoms with Crippen LogP contribution < -0.4 is 26.0 Å². The van der Waals surface area contributed by atoms with E-state index >= 15 is 0 Å². The monoisotopic (exact) mass is 664 g/mol. The molecule has 0 saturated carbocycles. The number of halogens is 3. The Kier molecular flexibility index (Phi) is 8.72. The number of alkyl halides is 3. The number of aliphatic carboxylic acids is 1. The summed E-state index contributed by atoms with van der Waals surface area (Å²) in [6.45, 7) is 3.35. The van der Waals surface area contributed by atoms with E-state index in [0.717, 1.165) is 0 Å². The van der Waals surface area contributed by atoms with E-state index in [4.69, 9.17) is 10.5 Å². The molecule has 1 spiro atoms. The summed E-state index contributed by atoms with van der Waals surface area (Å²) in [6.07, 6.45) is -3.84. The van der Waals surface area contributed by atoms with Crippen molar-refractivity contribution in [2.45, 2.75) is 44.5 Å². The van der Waals surface area contributed by atoms with Crippen molar-refractivity contribution in [3.8, 4) is 22.7 Å². The zero-order valence-corrected chi connectivity index (χ0v) is 26.3. The minimum absolute atomic E-state index is 0.145. The third kappa shape index (κ3) is 6.76. The number of rotatable bonds is 8. The van der Waals surface area contributed by atoms with Crippen LogP contribution in [0.25, 0.3) is 16.8 Å². The van der Waals surface area contributed by atoms with Crippen LogP contribution in [0.5, 0.6) is 5.88 Å². The number of carboxylic acids is 1. The van der Waals surface area contributed by atoms with Gasteiger partial charge in [0.05, 0.1) is 11.4 Å². The molecule has 0 radical (unpaired) electrons. The van der Waals surface area contributed by atoms with Crippen molar-refractivity contribution in [3.05, 3.63) is 77.6 Å². The predicted molar refractivity (Wildman–Crippen MR) is 171 cm³/mol. The molecule has 15 heteroatoms. The fourth-order valence-electron chi connectivity index (χ4n) is 6.41. The molecule has 4 heterocycles. The van der Waals surface area contributed by atoms with Gasteiger partial charge in [-0.05, 0) is 67.0 Å². The number of nitrogens with one attached hydrogen (secondary N) is 2. The summed E-state index contributed by atoms with van der Waals surface area (Å²) in [4.78, 5) is 33.6. The molecule has 12 nitrogen and oxygen atoms in total. The molecule has 0 aliphatic carbocycles. The molecule has 252 valence electrons. The van der Waals surface area contributed by atoms with Gasteiger partial charge in [-0.25, -0.2) is 4.68 Å². The van der Waals surface area contributed by atoms with Crippen molar-refractivity contribution in [3.63, 3.8) is 0 Å². The SMILES string of the molecule is CNC(=O)c1ccc(-c2ccc(C(Oc3cc(N4CCC5(CC4)CN[C@H](C(=O)O)C5)nc(N)n3)C(F)(F)F)c(-n3ccc(C)n3)c2)cc1. The van der Waals surface area contributed by atoms with Gasteiger partial charge in [0.1, 0.15) is 11.9 Å². The van der Waals surface area contributed by atoms with Crippen molar-refractivity contribution in [1.82, 2.24) is 30.4 Å². The van der Waals surface area contributed by atoms with E-state index in [1.807, 2.05) is 4.90 Å². The molecule has 6 rings (SSSR count). The summed E-state index contributed by atoms with van der Waals surface area (Å²) in [7, 11) is 1.53. The number of amides is 1. The lowest BCUT2D eigenvalue weighted by atomic mass is 9.76. The van der Waals surface area contributed by atoms with E-state index < -0.39 is 24.3 Å². The fraction of sp³-hybridized carbons (Fsp3) is 0.364. The van der Waals surface area contributed by atoms with Crippen LogP contribution >= 0.6 is 0 Å².